The summed E-state index contributed by atoms with van der Waals surface area (Å²) in [5.74, 6) is -0.0713. The Balaban J connectivity index is 2.27. The van der Waals surface area contributed by atoms with Crippen molar-refractivity contribution in [1.82, 2.24) is 0 Å². The standard InChI is InChI=1S/C11H12N2O4S/c1-8-2-3-11(13(14)15)10(6-8)12-9-4-5-18(16,17)7-9/h2-6,9,12H,7H2,1H3. The van der Waals surface area contributed by atoms with Crippen molar-refractivity contribution in [2.75, 3.05) is 11.1 Å². The zero-order valence-corrected chi connectivity index (χ0v) is 10.5. The first-order valence-electron chi connectivity index (χ1n) is 5.30. The van der Waals surface area contributed by atoms with Crippen molar-refractivity contribution in [2.24, 2.45) is 0 Å². The summed E-state index contributed by atoms with van der Waals surface area (Å²) >= 11 is 0. The molecule has 1 aromatic carbocycles. The first-order valence-corrected chi connectivity index (χ1v) is 7.01. The van der Waals surface area contributed by atoms with E-state index in [0.29, 0.717) is 5.69 Å². The zero-order valence-electron chi connectivity index (χ0n) is 9.66. The highest BCUT2D eigenvalue weighted by Gasteiger charge is 2.24. The molecule has 1 aliphatic heterocycles. The van der Waals surface area contributed by atoms with Crippen LogP contribution in [0.3, 0.4) is 0 Å². The van der Waals surface area contributed by atoms with Crippen LogP contribution in [0.5, 0.6) is 0 Å². The van der Waals surface area contributed by atoms with E-state index in [-0.39, 0.29) is 11.4 Å². The summed E-state index contributed by atoms with van der Waals surface area (Å²) in [6, 6.07) is 4.27. The number of benzene rings is 1. The van der Waals surface area contributed by atoms with Crippen molar-refractivity contribution in [3.8, 4) is 0 Å². The molecule has 1 atom stereocenters. The molecule has 0 fully saturated rings. The van der Waals surface area contributed by atoms with Gasteiger partial charge in [0.15, 0.2) is 9.84 Å². The van der Waals surface area contributed by atoms with Crippen LogP contribution in [0.25, 0.3) is 0 Å². The Hall–Kier alpha value is -1.89. The Bertz CT molecular complexity index is 622. The largest absolute Gasteiger partial charge is 0.372 e. The molecule has 1 aromatic rings. The van der Waals surface area contributed by atoms with Gasteiger partial charge in [0.05, 0.1) is 16.7 Å². The second kappa shape index (κ2) is 4.41. The maximum Gasteiger partial charge on any atom is 0.292 e. The van der Waals surface area contributed by atoms with Gasteiger partial charge >= 0.3 is 0 Å². The first-order chi connectivity index (χ1) is 8.37. The molecular formula is C11H12N2O4S. The molecule has 1 unspecified atom stereocenters. The molecule has 6 nitrogen and oxygen atoms in total. The Morgan fingerprint density at radius 3 is 2.72 bits per heavy atom. The quantitative estimate of drug-likeness (QED) is 0.664. The van der Waals surface area contributed by atoms with Crippen LogP contribution in [-0.2, 0) is 9.84 Å². The number of rotatable bonds is 3. The number of hydrogen-bond acceptors (Lipinski definition) is 5. The van der Waals surface area contributed by atoms with Crippen LogP contribution < -0.4 is 5.32 Å². The monoisotopic (exact) mass is 268 g/mol. The smallest absolute Gasteiger partial charge is 0.292 e. The number of nitro benzene ring substituents is 1. The minimum atomic E-state index is -3.17. The Morgan fingerprint density at radius 2 is 2.17 bits per heavy atom. The van der Waals surface area contributed by atoms with E-state index in [2.05, 4.69) is 5.32 Å². The van der Waals surface area contributed by atoms with Crippen molar-refractivity contribution in [3.05, 3.63) is 45.4 Å². The van der Waals surface area contributed by atoms with Gasteiger partial charge in [-0.25, -0.2) is 8.42 Å². The van der Waals surface area contributed by atoms with Crippen LogP contribution in [0.4, 0.5) is 11.4 Å². The maximum atomic E-state index is 11.3. The lowest BCUT2D eigenvalue weighted by molar-refractivity contribution is -0.384. The lowest BCUT2D eigenvalue weighted by atomic mass is 10.2. The molecule has 96 valence electrons. The van der Waals surface area contributed by atoms with E-state index in [9.17, 15) is 18.5 Å². The highest BCUT2D eigenvalue weighted by Crippen LogP contribution is 2.27. The summed E-state index contributed by atoms with van der Waals surface area (Å²) in [5, 5.41) is 14.9. The Labute approximate surface area is 104 Å². The fourth-order valence-electron chi connectivity index (χ4n) is 1.79. The zero-order chi connectivity index (χ0) is 13.3. The van der Waals surface area contributed by atoms with E-state index in [4.69, 9.17) is 0 Å². The normalized spacial score (nSPS) is 20.8. The van der Waals surface area contributed by atoms with Crippen molar-refractivity contribution in [3.63, 3.8) is 0 Å². The van der Waals surface area contributed by atoms with Gasteiger partial charge in [-0.3, -0.25) is 10.1 Å². The van der Waals surface area contributed by atoms with Gasteiger partial charge in [0.25, 0.3) is 5.69 Å². The van der Waals surface area contributed by atoms with Gasteiger partial charge in [0.1, 0.15) is 5.69 Å². The first kappa shape index (κ1) is 12.6. The predicted molar refractivity (Wildman–Crippen MR) is 68.2 cm³/mol. The number of aryl methyl sites for hydroxylation is 1. The third kappa shape index (κ3) is 2.67. The summed E-state index contributed by atoms with van der Waals surface area (Å²) in [7, 11) is -3.17. The summed E-state index contributed by atoms with van der Waals surface area (Å²) in [6.07, 6.45) is 1.50. The number of nitrogens with one attached hydrogen (secondary N) is 1. The van der Waals surface area contributed by atoms with Gasteiger partial charge in [0.2, 0.25) is 0 Å². The van der Waals surface area contributed by atoms with Crippen molar-refractivity contribution >= 4 is 21.2 Å². The molecule has 1 N–H and O–H groups in total. The summed E-state index contributed by atoms with van der Waals surface area (Å²) < 4.78 is 22.5. The van der Waals surface area contributed by atoms with Gasteiger partial charge < -0.3 is 5.32 Å². The van der Waals surface area contributed by atoms with Crippen LogP contribution in [-0.4, -0.2) is 25.1 Å². The third-order valence-electron chi connectivity index (χ3n) is 2.62. The van der Waals surface area contributed by atoms with Gasteiger partial charge in [-0.2, -0.15) is 0 Å². The lowest BCUT2D eigenvalue weighted by Crippen LogP contribution is -2.21. The molecule has 0 radical (unpaired) electrons. The predicted octanol–water partition coefficient (Wildman–Crippen LogP) is 1.63. The topological polar surface area (TPSA) is 89.3 Å². The summed E-state index contributed by atoms with van der Waals surface area (Å²) in [5.41, 5.74) is 1.15. The van der Waals surface area contributed by atoms with E-state index >= 15 is 0 Å². The van der Waals surface area contributed by atoms with E-state index in [1.807, 2.05) is 6.92 Å². The van der Waals surface area contributed by atoms with E-state index < -0.39 is 20.8 Å². The maximum absolute atomic E-state index is 11.3. The highest BCUT2D eigenvalue weighted by atomic mass is 32.2. The molecule has 2 rings (SSSR count). The van der Waals surface area contributed by atoms with Gasteiger partial charge in [-0.05, 0) is 18.6 Å². The Morgan fingerprint density at radius 1 is 1.44 bits per heavy atom. The van der Waals surface area contributed by atoms with Gasteiger partial charge in [0, 0.05) is 11.5 Å². The fourth-order valence-corrected chi connectivity index (χ4v) is 3.03. The summed E-state index contributed by atoms with van der Waals surface area (Å²) in [4.78, 5) is 10.4. The van der Waals surface area contributed by atoms with Crippen LogP contribution in [0, 0.1) is 17.0 Å². The SMILES string of the molecule is Cc1ccc([N+](=O)[O-])c(NC2C=CS(=O)(=O)C2)c1. The van der Waals surface area contributed by atoms with E-state index in [1.165, 1.54) is 12.1 Å². The molecular weight excluding hydrogens is 256 g/mol. The second-order valence-corrected chi connectivity index (χ2v) is 6.12. The molecule has 0 saturated heterocycles. The number of nitro groups is 1. The fraction of sp³-hybridized carbons (Fsp3) is 0.273. The van der Waals surface area contributed by atoms with Crippen molar-refractivity contribution in [2.45, 2.75) is 13.0 Å². The summed E-state index contributed by atoms with van der Waals surface area (Å²) in [6.45, 7) is 1.82. The van der Waals surface area contributed by atoms with Crippen molar-refractivity contribution < 1.29 is 13.3 Å². The molecule has 0 aromatic heterocycles. The van der Waals surface area contributed by atoms with Crippen LogP contribution >= 0.6 is 0 Å². The number of nitrogens with zero attached hydrogens (tertiary/aromatic N) is 1. The van der Waals surface area contributed by atoms with E-state index in [0.717, 1.165) is 11.0 Å². The molecule has 7 heteroatoms. The average Bonchev–Trinajstić information content (AvgIpc) is 2.57. The lowest BCUT2D eigenvalue weighted by Gasteiger charge is -2.12. The molecule has 1 aliphatic rings. The molecule has 1 heterocycles. The minimum absolute atomic E-state index is 0.0571. The molecule has 18 heavy (non-hydrogen) atoms. The Kier molecular flexibility index (Phi) is 3.08. The molecule has 0 aliphatic carbocycles. The molecule has 0 bridgehead atoms. The highest BCUT2D eigenvalue weighted by molar-refractivity contribution is 7.94. The number of hydrogen-bond donors (Lipinski definition) is 1. The molecule has 0 spiro atoms. The van der Waals surface area contributed by atoms with Crippen LogP contribution in [0.15, 0.2) is 29.7 Å². The van der Waals surface area contributed by atoms with Gasteiger partial charge in [-0.15, -0.1) is 0 Å². The average molecular weight is 268 g/mol. The number of sulfone groups is 1. The molecule has 0 amide bonds. The number of anilines is 1. The minimum Gasteiger partial charge on any atom is -0.372 e. The third-order valence-corrected chi connectivity index (χ3v) is 4.02. The van der Waals surface area contributed by atoms with E-state index in [1.54, 1.807) is 12.1 Å². The van der Waals surface area contributed by atoms with Crippen LogP contribution in [0.2, 0.25) is 0 Å². The molecule has 0 saturated carbocycles. The second-order valence-electron chi connectivity index (χ2n) is 4.19. The van der Waals surface area contributed by atoms with Crippen molar-refractivity contribution in [1.29, 1.82) is 0 Å². The van der Waals surface area contributed by atoms with Gasteiger partial charge in [-0.1, -0.05) is 12.1 Å². The van der Waals surface area contributed by atoms with Crippen LogP contribution in [0.1, 0.15) is 5.56 Å².